The summed E-state index contributed by atoms with van der Waals surface area (Å²) in [6.07, 6.45) is 4.07. The number of rotatable bonds is 6. The van der Waals surface area contributed by atoms with Crippen molar-refractivity contribution in [3.05, 3.63) is 18.5 Å². The highest BCUT2D eigenvalue weighted by atomic mass is 32.2. The molecule has 1 heterocycles. The Morgan fingerprint density at radius 2 is 2.39 bits per heavy atom. The molecule has 0 unspecified atom stereocenters. The van der Waals surface area contributed by atoms with Crippen molar-refractivity contribution in [1.82, 2.24) is 20.1 Å². The first kappa shape index (κ1) is 13.1. The van der Waals surface area contributed by atoms with Gasteiger partial charge in [-0.1, -0.05) is 17.8 Å². The summed E-state index contributed by atoms with van der Waals surface area (Å²) in [6, 6.07) is 0. The molecular weight excluding hydrogens is 248 g/mol. The lowest BCUT2D eigenvalue weighted by molar-refractivity contribution is -0.120. The van der Waals surface area contributed by atoms with Crippen molar-refractivity contribution in [2.24, 2.45) is 7.05 Å². The molecule has 6 heteroatoms. The molecule has 0 aliphatic heterocycles. The molecule has 0 aromatic carbocycles. The number of aromatic nitrogens is 3. The van der Waals surface area contributed by atoms with E-state index in [1.165, 1.54) is 24.6 Å². The van der Waals surface area contributed by atoms with Gasteiger partial charge in [0.05, 0.1) is 5.25 Å². The van der Waals surface area contributed by atoms with Crippen molar-refractivity contribution >= 4 is 17.7 Å². The summed E-state index contributed by atoms with van der Waals surface area (Å²) in [5.74, 6) is 1.61. The smallest absolute Gasteiger partial charge is 0.233 e. The molecule has 1 N–H and O–H groups in total. The van der Waals surface area contributed by atoms with Crippen LogP contribution in [0.4, 0.5) is 0 Å². The summed E-state index contributed by atoms with van der Waals surface area (Å²) in [4.78, 5) is 11.7. The van der Waals surface area contributed by atoms with E-state index in [2.05, 4.69) is 22.1 Å². The van der Waals surface area contributed by atoms with Gasteiger partial charge in [-0.2, -0.15) is 0 Å². The monoisotopic (exact) mass is 266 g/mol. The molecule has 1 fully saturated rings. The van der Waals surface area contributed by atoms with Crippen molar-refractivity contribution in [2.75, 3.05) is 6.54 Å². The zero-order valence-corrected chi connectivity index (χ0v) is 11.5. The van der Waals surface area contributed by atoms with Crippen molar-refractivity contribution in [1.29, 1.82) is 0 Å². The van der Waals surface area contributed by atoms with Crippen LogP contribution in [0, 0.1) is 0 Å². The van der Waals surface area contributed by atoms with Crippen LogP contribution in [0.1, 0.15) is 31.5 Å². The van der Waals surface area contributed by atoms with Crippen LogP contribution in [0.25, 0.3) is 0 Å². The molecule has 5 nitrogen and oxygen atoms in total. The molecule has 1 aromatic heterocycles. The average Bonchev–Trinajstić information content (AvgIpc) is 3.13. The summed E-state index contributed by atoms with van der Waals surface area (Å²) >= 11 is 1.44. The first-order valence-electron chi connectivity index (χ1n) is 6.08. The Hall–Kier alpha value is -1.30. The normalized spacial score (nSPS) is 16.3. The van der Waals surface area contributed by atoms with Crippen LogP contribution in [0.15, 0.2) is 17.8 Å². The summed E-state index contributed by atoms with van der Waals surface area (Å²) in [5.41, 5.74) is 0. The Balaban J connectivity index is 1.95. The molecule has 0 bridgehead atoms. The van der Waals surface area contributed by atoms with Crippen molar-refractivity contribution in [3.63, 3.8) is 0 Å². The SMILES string of the molecule is C=CCNC(=O)[C@@H](C)Sc1nnc(C2CC2)n1C. The molecule has 1 aliphatic carbocycles. The Morgan fingerprint density at radius 3 is 3.00 bits per heavy atom. The second kappa shape index (κ2) is 5.56. The van der Waals surface area contributed by atoms with E-state index in [1.807, 2.05) is 18.5 Å². The van der Waals surface area contributed by atoms with Gasteiger partial charge in [-0.05, 0) is 19.8 Å². The number of hydrogen-bond acceptors (Lipinski definition) is 4. The molecule has 1 atom stereocenters. The number of nitrogens with one attached hydrogen (secondary N) is 1. The average molecular weight is 266 g/mol. The molecule has 0 radical (unpaired) electrons. The molecule has 1 aromatic rings. The molecule has 0 saturated heterocycles. The number of amides is 1. The van der Waals surface area contributed by atoms with Gasteiger partial charge >= 0.3 is 0 Å². The minimum atomic E-state index is -0.181. The molecule has 1 aliphatic rings. The van der Waals surface area contributed by atoms with Crippen LogP contribution in [0.5, 0.6) is 0 Å². The van der Waals surface area contributed by atoms with Gasteiger partial charge < -0.3 is 9.88 Å². The largest absolute Gasteiger partial charge is 0.352 e. The van der Waals surface area contributed by atoms with E-state index in [0.29, 0.717) is 12.5 Å². The molecule has 2 rings (SSSR count). The highest BCUT2D eigenvalue weighted by Crippen LogP contribution is 2.39. The van der Waals surface area contributed by atoms with E-state index < -0.39 is 0 Å². The van der Waals surface area contributed by atoms with Crippen LogP contribution < -0.4 is 5.32 Å². The summed E-state index contributed by atoms with van der Waals surface area (Å²) in [6.45, 7) is 5.94. The standard InChI is InChI=1S/C12H18N4OS/c1-4-7-13-11(17)8(2)18-12-15-14-10(16(12)3)9-5-6-9/h4,8-9H,1,5-7H2,2-3H3,(H,13,17)/t8-/m1/s1. The Kier molecular flexibility index (Phi) is 4.06. The van der Waals surface area contributed by atoms with Crippen molar-refractivity contribution in [2.45, 2.75) is 36.1 Å². The summed E-state index contributed by atoms with van der Waals surface area (Å²) in [7, 11) is 1.96. The van der Waals surface area contributed by atoms with Gasteiger partial charge in [0.2, 0.25) is 5.91 Å². The number of nitrogens with zero attached hydrogens (tertiary/aromatic N) is 3. The van der Waals surface area contributed by atoms with E-state index >= 15 is 0 Å². The van der Waals surface area contributed by atoms with E-state index in [1.54, 1.807) is 6.08 Å². The fraction of sp³-hybridized carbons (Fsp3) is 0.583. The minimum Gasteiger partial charge on any atom is -0.352 e. The van der Waals surface area contributed by atoms with Gasteiger partial charge in [-0.25, -0.2) is 0 Å². The fourth-order valence-electron chi connectivity index (χ4n) is 1.65. The number of hydrogen-bond donors (Lipinski definition) is 1. The number of thioether (sulfide) groups is 1. The highest BCUT2D eigenvalue weighted by Gasteiger charge is 2.30. The highest BCUT2D eigenvalue weighted by molar-refractivity contribution is 8.00. The van der Waals surface area contributed by atoms with Gasteiger partial charge in [0.25, 0.3) is 0 Å². The Labute approximate surface area is 111 Å². The maximum atomic E-state index is 11.7. The molecule has 98 valence electrons. The third-order valence-corrected chi connectivity index (χ3v) is 4.02. The fourth-order valence-corrected chi connectivity index (χ4v) is 2.50. The van der Waals surface area contributed by atoms with Crippen LogP contribution in [-0.2, 0) is 11.8 Å². The molecule has 1 amide bonds. The lowest BCUT2D eigenvalue weighted by atomic mass is 10.4. The zero-order valence-electron chi connectivity index (χ0n) is 10.7. The number of carbonyl (C=O) groups is 1. The number of carbonyl (C=O) groups excluding carboxylic acids is 1. The third-order valence-electron chi connectivity index (χ3n) is 2.88. The minimum absolute atomic E-state index is 0.00382. The van der Waals surface area contributed by atoms with Gasteiger partial charge in [-0.3, -0.25) is 4.79 Å². The second-order valence-corrected chi connectivity index (χ2v) is 5.78. The Morgan fingerprint density at radius 1 is 1.67 bits per heavy atom. The van der Waals surface area contributed by atoms with E-state index in [9.17, 15) is 4.79 Å². The van der Waals surface area contributed by atoms with Crippen molar-refractivity contribution in [3.8, 4) is 0 Å². The second-order valence-electron chi connectivity index (χ2n) is 4.47. The van der Waals surface area contributed by atoms with Crippen LogP contribution in [0.3, 0.4) is 0 Å². The maximum absolute atomic E-state index is 11.7. The first-order chi connectivity index (χ1) is 8.63. The van der Waals surface area contributed by atoms with E-state index in [-0.39, 0.29) is 11.2 Å². The van der Waals surface area contributed by atoms with Crippen LogP contribution in [0.2, 0.25) is 0 Å². The quantitative estimate of drug-likeness (QED) is 0.626. The van der Waals surface area contributed by atoms with Crippen molar-refractivity contribution < 1.29 is 4.79 Å². The molecule has 1 saturated carbocycles. The van der Waals surface area contributed by atoms with Gasteiger partial charge in [-0.15, -0.1) is 16.8 Å². The topological polar surface area (TPSA) is 59.8 Å². The van der Waals surface area contributed by atoms with Gasteiger partial charge in [0, 0.05) is 19.5 Å². The van der Waals surface area contributed by atoms with Gasteiger partial charge in [0.15, 0.2) is 5.16 Å². The third kappa shape index (κ3) is 2.93. The van der Waals surface area contributed by atoms with E-state index in [0.717, 1.165) is 11.0 Å². The summed E-state index contributed by atoms with van der Waals surface area (Å²) < 4.78 is 2.00. The summed E-state index contributed by atoms with van der Waals surface area (Å²) in [5, 5.41) is 11.8. The molecular formula is C12H18N4OS. The first-order valence-corrected chi connectivity index (χ1v) is 6.96. The Bertz CT molecular complexity index is 453. The van der Waals surface area contributed by atoms with Crippen LogP contribution in [-0.4, -0.2) is 32.5 Å². The lowest BCUT2D eigenvalue weighted by Crippen LogP contribution is -2.31. The van der Waals surface area contributed by atoms with Gasteiger partial charge in [0.1, 0.15) is 5.82 Å². The molecule has 0 spiro atoms. The predicted molar refractivity (Wildman–Crippen MR) is 71.5 cm³/mol. The zero-order chi connectivity index (χ0) is 13.1. The maximum Gasteiger partial charge on any atom is 0.233 e. The van der Waals surface area contributed by atoms with Crippen LogP contribution >= 0.6 is 11.8 Å². The molecule has 18 heavy (non-hydrogen) atoms. The predicted octanol–water partition coefficient (Wildman–Crippen LogP) is 1.48. The lowest BCUT2D eigenvalue weighted by Gasteiger charge is -2.10. The van der Waals surface area contributed by atoms with E-state index in [4.69, 9.17) is 0 Å².